The predicted octanol–water partition coefficient (Wildman–Crippen LogP) is 3.73. The average molecular weight is 362 g/mol. The second kappa shape index (κ2) is 9.29. The summed E-state index contributed by atoms with van der Waals surface area (Å²) in [4.78, 5) is 14.2. The van der Waals surface area contributed by atoms with Crippen LogP contribution in [0.25, 0.3) is 0 Å². The monoisotopic (exact) mass is 362 g/mol. The van der Waals surface area contributed by atoms with E-state index in [9.17, 15) is 13.6 Å². The van der Waals surface area contributed by atoms with E-state index in [1.165, 1.54) is 17.7 Å². The standard InChI is InChI=1S/C20H24F2N2O2/c1-14-4-6-16(7-5-14)12-23-19(25)15(2)24(3)13-17-8-10-18(11-9-17)26-20(21)22/h4-11,15,20H,12-13H2,1-3H3,(H,23,25). The van der Waals surface area contributed by atoms with E-state index in [2.05, 4.69) is 10.1 Å². The highest BCUT2D eigenvalue weighted by Gasteiger charge is 2.18. The van der Waals surface area contributed by atoms with Crippen molar-refractivity contribution in [1.29, 1.82) is 0 Å². The Hall–Kier alpha value is -2.47. The molecule has 1 amide bonds. The zero-order chi connectivity index (χ0) is 19.1. The van der Waals surface area contributed by atoms with Crippen LogP contribution in [-0.2, 0) is 17.9 Å². The number of nitrogens with zero attached hydrogens (tertiary/aromatic N) is 1. The topological polar surface area (TPSA) is 41.6 Å². The number of hydrogen-bond acceptors (Lipinski definition) is 3. The Morgan fingerprint density at radius 3 is 2.23 bits per heavy atom. The molecule has 0 aliphatic heterocycles. The van der Waals surface area contributed by atoms with Gasteiger partial charge in [-0.25, -0.2) is 0 Å². The summed E-state index contributed by atoms with van der Waals surface area (Å²) in [6.07, 6.45) is 0. The molecule has 0 bridgehead atoms. The first kappa shape index (κ1) is 19.8. The second-order valence-electron chi connectivity index (χ2n) is 6.32. The van der Waals surface area contributed by atoms with Crippen molar-refractivity contribution in [2.45, 2.75) is 39.6 Å². The van der Waals surface area contributed by atoms with E-state index >= 15 is 0 Å². The van der Waals surface area contributed by atoms with Crippen LogP contribution in [0, 0.1) is 6.92 Å². The molecule has 1 atom stereocenters. The molecule has 0 spiro atoms. The lowest BCUT2D eigenvalue weighted by atomic mass is 10.1. The lowest BCUT2D eigenvalue weighted by Crippen LogP contribution is -2.42. The summed E-state index contributed by atoms with van der Waals surface area (Å²) in [6, 6.07) is 14.1. The van der Waals surface area contributed by atoms with Gasteiger partial charge in [0.05, 0.1) is 6.04 Å². The number of aryl methyl sites for hydroxylation is 1. The maximum Gasteiger partial charge on any atom is 0.387 e. The largest absolute Gasteiger partial charge is 0.435 e. The van der Waals surface area contributed by atoms with Gasteiger partial charge in [0.25, 0.3) is 0 Å². The molecule has 0 aromatic heterocycles. The Labute approximate surface area is 152 Å². The number of likely N-dealkylation sites (N-methyl/N-ethyl adjacent to an activating group) is 1. The van der Waals surface area contributed by atoms with Crippen LogP contribution in [0.5, 0.6) is 5.75 Å². The van der Waals surface area contributed by atoms with Gasteiger partial charge < -0.3 is 10.1 Å². The molecule has 26 heavy (non-hydrogen) atoms. The van der Waals surface area contributed by atoms with Crippen LogP contribution < -0.4 is 10.1 Å². The highest BCUT2D eigenvalue weighted by molar-refractivity contribution is 5.81. The zero-order valence-corrected chi connectivity index (χ0v) is 15.2. The lowest BCUT2D eigenvalue weighted by molar-refractivity contribution is -0.125. The lowest BCUT2D eigenvalue weighted by Gasteiger charge is -2.24. The molecule has 0 heterocycles. The van der Waals surface area contributed by atoms with E-state index in [0.717, 1.165) is 11.1 Å². The Morgan fingerprint density at radius 2 is 1.65 bits per heavy atom. The molecule has 0 radical (unpaired) electrons. The van der Waals surface area contributed by atoms with Crippen molar-refractivity contribution in [1.82, 2.24) is 10.2 Å². The van der Waals surface area contributed by atoms with E-state index in [1.807, 2.05) is 50.1 Å². The van der Waals surface area contributed by atoms with Crippen LogP contribution in [-0.4, -0.2) is 30.5 Å². The van der Waals surface area contributed by atoms with Gasteiger partial charge in [-0.05, 0) is 44.2 Å². The number of amides is 1. The molecule has 2 aromatic rings. The van der Waals surface area contributed by atoms with Gasteiger partial charge in [-0.1, -0.05) is 42.0 Å². The maximum absolute atomic E-state index is 12.3. The summed E-state index contributed by atoms with van der Waals surface area (Å²) in [5, 5.41) is 2.93. The van der Waals surface area contributed by atoms with Gasteiger partial charge in [-0.2, -0.15) is 8.78 Å². The van der Waals surface area contributed by atoms with Crippen molar-refractivity contribution < 1.29 is 18.3 Å². The normalized spacial score (nSPS) is 12.3. The molecule has 0 saturated carbocycles. The summed E-state index contributed by atoms with van der Waals surface area (Å²) in [7, 11) is 1.85. The molecule has 0 aliphatic rings. The third-order valence-electron chi connectivity index (χ3n) is 4.21. The SMILES string of the molecule is Cc1ccc(CNC(=O)C(C)N(C)Cc2ccc(OC(F)F)cc2)cc1. The summed E-state index contributed by atoms with van der Waals surface area (Å²) in [6.45, 7) is 2.02. The molecular weight excluding hydrogens is 338 g/mol. The Bertz CT molecular complexity index is 703. The Morgan fingerprint density at radius 1 is 1.08 bits per heavy atom. The number of halogens is 2. The second-order valence-corrected chi connectivity index (χ2v) is 6.32. The fourth-order valence-corrected chi connectivity index (χ4v) is 2.44. The number of ether oxygens (including phenoxy) is 1. The van der Waals surface area contributed by atoms with Gasteiger partial charge in [0.2, 0.25) is 5.91 Å². The van der Waals surface area contributed by atoms with Crippen LogP contribution in [0.2, 0.25) is 0 Å². The highest BCUT2D eigenvalue weighted by Crippen LogP contribution is 2.16. The van der Waals surface area contributed by atoms with Gasteiger partial charge in [0.15, 0.2) is 0 Å². The van der Waals surface area contributed by atoms with Crippen LogP contribution in [0.4, 0.5) is 8.78 Å². The fraction of sp³-hybridized carbons (Fsp3) is 0.350. The molecule has 6 heteroatoms. The minimum atomic E-state index is -2.83. The van der Waals surface area contributed by atoms with E-state index < -0.39 is 6.61 Å². The van der Waals surface area contributed by atoms with Crippen molar-refractivity contribution in [3.8, 4) is 5.75 Å². The Balaban J connectivity index is 1.84. The minimum Gasteiger partial charge on any atom is -0.435 e. The van der Waals surface area contributed by atoms with Gasteiger partial charge >= 0.3 is 6.61 Å². The van der Waals surface area contributed by atoms with Gasteiger partial charge in [0, 0.05) is 13.1 Å². The van der Waals surface area contributed by atoms with E-state index in [0.29, 0.717) is 13.1 Å². The van der Waals surface area contributed by atoms with Crippen LogP contribution >= 0.6 is 0 Å². The number of nitrogens with one attached hydrogen (secondary N) is 1. The van der Waals surface area contributed by atoms with Crippen LogP contribution in [0.3, 0.4) is 0 Å². The van der Waals surface area contributed by atoms with Crippen LogP contribution in [0.15, 0.2) is 48.5 Å². The van der Waals surface area contributed by atoms with Gasteiger partial charge in [-0.15, -0.1) is 0 Å². The number of rotatable bonds is 8. The molecule has 2 rings (SSSR count). The quantitative estimate of drug-likeness (QED) is 0.778. The molecular formula is C20H24F2N2O2. The van der Waals surface area contributed by atoms with Gasteiger partial charge in [-0.3, -0.25) is 9.69 Å². The molecule has 0 aliphatic carbocycles. The van der Waals surface area contributed by atoms with Crippen molar-refractivity contribution in [2.24, 2.45) is 0 Å². The minimum absolute atomic E-state index is 0.0641. The summed E-state index contributed by atoms with van der Waals surface area (Å²) >= 11 is 0. The molecule has 2 aromatic carbocycles. The van der Waals surface area contributed by atoms with E-state index in [4.69, 9.17) is 0 Å². The zero-order valence-electron chi connectivity index (χ0n) is 15.2. The molecule has 0 saturated heterocycles. The molecule has 140 valence electrons. The van der Waals surface area contributed by atoms with Crippen molar-refractivity contribution in [2.75, 3.05) is 7.05 Å². The summed E-state index contributed by atoms with van der Waals surface area (Å²) in [5.41, 5.74) is 3.14. The van der Waals surface area contributed by atoms with Crippen molar-refractivity contribution in [3.05, 3.63) is 65.2 Å². The van der Waals surface area contributed by atoms with Gasteiger partial charge in [0.1, 0.15) is 5.75 Å². The first-order valence-corrected chi connectivity index (χ1v) is 8.42. The number of benzene rings is 2. The number of carbonyl (C=O) groups is 1. The third kappa shape index (κ3) is 6.11. The average Bonchev–Trinajstić information content (AvgIpc) is 2.61. The predicted molar refractivity (Wildman–Crippen MR) is 97.0 cm³/mol. The first-order valence-electron chi connectivity index (χ1n) is 8.42. The summed E-state index contributed by atoms with van der Waals surface area (Å²) in [5.74, 6) is 0.0565. The third-order valence-corrected chi connectivity index (χ3v) is 4.21. The number of carbonyl (C=O) groups excluding carboxylic acids is 1. The number of alkyl halides is 2. The Kier molecular flexibility index (Phi) is 7.09. The highest BCUT2D eigenvalue weighted by atomic mass is 19.3. The van der Waals surface area contributed by atoms with Crippen LogP contribution in [0.1, 0.15) is 23.6 Å². The van der Waals surface area contributed by atoms with Crippen molar-refractivity contribution >= 4 is 5.91 Å². The fourth-order valence-electron chi connectivity index (χ4n) is 2.44. The first-order chi connectivity index (χ1) is 12.3. The number of hydrogen-bond donors (Lipinski definition) is 1. The van der Waals surface area contributed by atoms with Crippen molar-refractivity contribution in [3.63, 3.8) is 0 Å². The smallest absolute Gasteiger partial charge is 0.387 e. The van der Waals surface area contributed by atoms with E-state index in [1.54, 1.807) is 12.1 Å². The molecule has 1 N–H and O–H groups in total. The maximum atomic E-state index is 12.3. The summed E-state index contributed by atoms with van der Waals surface area (Å²) < 4.78 is 28.7. The van der Waals surface area contributed by atoms with E-state index in [-0.39, 0.29) is 17.7 Å². The molecule has 4 nitrogen and oxygen atoms in total. The molecule has 1 unspecified atom stereocenters. The molecule has 0 fully saturated rings.